The molecule has 0 saturated heterocycles. The van der Waals surface area contributed by atoms with Crippen molar-refractivity contribution in [3.8, 4) is 0 Å². The lowest BCUT2D eigenvalue weighted by Gasteiger charge is -2.16. The molecule has 0 aromatic carbocycles. The van der Waals surface area contributed by atoms with Crippen molar-refractivity contribution < 1.29 is 0 Å². The normalized spacial score (nSPS) is 17.6. The molecule has 3 rings (SSSR count). The second-order valence-electron chi connectivity index (χ2n) is 4.26. The highest BCUT2D eigenvalue weighted by atomic mass is 15.2. The molecular weight excluding hydrogens is 202 g/mol. The van der Waals surface area contributed by atoms with Gasteiger partial charge in [-0.05, 0) is 24.8 Å². The lowest BCUT2D eigenvalue weighted by atomic mass is 10.2. The lowest BCUT2D eigenvalue weighted by molar-refractivity contribution is 0.642. The summed E-state index contributed by atoms with van der Waals surface area (Å²) in [6.45, 7) is 0.654. The summed E-state index contributed by atoms with van der Waals surface area (Å²) in [5.74, 6) is 1.59. The minimum Gasteiger partial charge on any atom is -0.364 e. The van der Waals surface area contributed by atoms with E-state index in [2.05, 4.69) is 15.4 Å². The van der Waals surface area contributed by atoms with Crippen molar-refractivity contribution in [3.63, 3.8) is 0 Å². The highest BCUT2D eigenvalue weighted by molar-refractivity contribution is 5.67. The van der Waals surface area contributed by atoms with Gasteiger partial charge in [-0.15, -0.1) is 0 Å². The molecule has 0 aliphatic heterocycles. The summed E-state index contributed by atoms with van der Waals surface area (Å²) < 4.78 is 1.82. The molecule has 1 atom stereocenters. The fourth-order valence-corrected chi connectivity index (χ4v) is 2.01. The monoisotopic (exact) mass is 217 g/mol. The first-order valence-corrected chi connectivity index (χ1v) is 5.63. The summed E-state index contributed by atoms with van der Waals surface area (Å²) in [5.41, 5.74) is 6.77. The molecule has 16 heavy (non-hydrogen) atoms. The highest BCUT2D eigenvalue weighted by Gasteiger charge is 2.30. The molecule has 3 N–H and O–H groups in total. The van der Waals surface area contributed by atoms with Crippen molar-refractivity contribution in [3.05, 3.63) is 24.7 Å². The summed E-state index contributed by atoms with van der Waals surface area (Å²) in [4.78, 5) is 4.35. The topological polar surface area (TPSA) is 68.2 Å². The van der Waals surface area contributed by atoms with Gasteiger partial charge in [0.1, 0.15) is 5.52 Å². The van der Waals surface area contributed by atoms with Gasteiger partial charge in [0.05, 0.1) is 6.20 Å². The zero-order valence-electron chi connectivity index (χ0n) is 9.00. The van der Waals surface area contributed by atoms with Crippen molar-refractivity contribution in [2.75, 3.05) is 11.9 Å². The largest absolute Gasteiger partial charge is 0.364 e. The molecule has 2 aromatic heterocycles. The third kappa shape index (κ3) is 1.63. The summed E-state index contributed by atoms with van der Waals surface area (Å²) in [6.07, 6.45) is 7.92. The minimum absolute atomic E-state index is 0.341. The number of hydrogen-bond acceptors (Lipinski definition) is 4. The second kappa shape index (κ2) is 3.75. The molecule has 5 nitrogen and oxygen atoms in total. The first-order chi connectivity index (χ1) is 7.88. The third-order valence-corrected chi connectivity index (χ3v) is 3.09. The number of aromatic nitrogens is 3. The number of nitrogens with zero attached hydrogens (tertiary/aromatic N) is 3. The number of fused-ring (bicyclic) bond motifs is 1. The van der Waals surface area contributed by atoms with E-state index in [9.17, 15) is 0 Å². The number of anilines is 1. The zero-order valence-corrected chi connectivity index (χ0v) is 9.00. The minimum atomic E-state index is 0.341. The van der Waals surface area contributed by atoms with Gasteiger partial charge in [0.15, 0.2) is 5.82 Å². The van der Waals surface area contributed by atoms with E-state index in [1.165, 1.54) is 12.8 Å². The van der Waals surface area contributed by atoms with Crippen LogP contribution in [0.1, 0.15) is 12.8 Å². The zero-order chi connectivity index (χ0) is 11.0. The van der Waals surface area contributed by atoms with Crippen molar-refractivity contribution in [1.82, 2.24) is 14.6 Å². The van der Waals surface area contributed by atoms with Gasteiger partial charge in [-0.1, -0.05) is 0 Å². The molecule has 1 aliphatic carbocycles. The average Bonchev–Trinajstić information content (AvgIpc) is 3.03. The SMILES string of the molecule is NCC(Nc1nccn2nccc12)C1CC1. The predicted octanol–water partition coefficient (Wildman–Crippen LogP) is 0.878. The van der Waals surface area contributed by atoms with Crippen molar-refractivity contribution in [2.45, 2.75) is 18.9 Å². The molecule has 0 radical (unpaired) electrons. The van der Waals surface area contributed by atoms with Crippen LogP contribution in [-0.2, 0) is 0 Å². The van der Waals surface area contributed by atoms with Gasteiger partial charge in [0.2, 0.25) is 0 Å². The molecule has 84 valence electrons. The third-order valence-electron chi connectivity index (χ3n) is 3.09. The number of nitrogens with one attached hydrogen (secondary N) is 1. The Hall–Kier alpha value is -1.62. The molecule has 2 heterocycles. The van der Waals surface area contributed by atoms with Crippen LogP contribution in [0.2, 0.25) is 0 Å². The van der Waals surface area contributed by atoms with Gasteiger partial charge in [-0.25, -0.2) is 9.50 Å². The first kappa shape index (κ1) is 9.59. The van der Waals surface area contributed by atoms with E-state index in [1.54, 1.807) is 12.4 Å². The van der Waals surface area contributed by atoms with Crippen LogP contribution < -0.4 is 11.1 Å². The van der Waals surface area contributed by atoms with E-state index >= 15 is 0 Å². The molecule has 1 aliphatic rings. The molecular formula is C11H15N5. The first-order valence-electron chi connectivity index (χ1n) is 5.63. The van der Waals surface area contributed by atoms with E-state index < -0.39 is 0 Å². The standard InChI is InChI=1S/C11H15N5/c12-7-9(8-1-2-8)15-11-10-3-4-14-16(10)6-5-13-11/h3-6,8-9H,1-2,7,12H2,(H,13,15). The van der Waals surface area contributed by atoms with Crippen LogP contribution in [0.25, 0.3) is 5.52 Å². The van der Waals surface area contributed by atoms with E-state index in [1.807, 2.05) is 16.8 Å². The fraction of sp³-hybridized carbons (Fsp3) is 0.455. The Morgan fingerprint density at radius 1 is 1.50 bits per heavy atom. The Kier molecular flexibility index (Phi) is 2.25. The highest BCUT2D eigenvalue weighted by Crippen LogP contribution is 2.33. The van der Waals surface area contributed by atoms with Crippen LogP contribution in [-0.4, -0.2) is 27.2 Å². The van der Waals surface area contributed by atoms with Crippen LogP contribution in [0.15, 0.2) is 24.7 Å². The van der Waals surface area contributed by atoms with E-state index in [4.69, 9.17) is 5.73 Å². The number of rotatable bonds is 4. The molecule has 1 saturated carbocycles. The number of hydrogen-bond donors (Lipinski definition) is 2. The summed E-state index contributed by atoms with van der Waals surface area (Å²) in [5, 5.41) is 7.60. The smallest absolute Gasteiger partial charge is 0.152 e. The molecule has 0 bridgehead atoms. The van der Waals surface area contributed by atoms with Crippen LogP contribution >= 0.6 is 0 Å². The van der Waals surface area contributed by atoms with Crippen LogP contribution in [0.5, 0.6) is 0 Å². The quantitative estimate of drug-likeness (QED) is 0.797. The Balaban J connectivity index is 1.89. The number of nitrogens with two attached hydrogens (primary N) is 1. The maximum atomic E-state index is 5.77. The van der Waals surface area contributed by atoms with Crippen molar-refractivity contribution in [1.29, 1.82) is 0 Å². The summed E-state index contributed by atoms with van der Waals surface area (Å²) in [7, 11) is 0. The van der Waals surface area contributed by atoms with Crippen LogP contribution in [0, 0.1) is 5.92 Å². The molecule has 1 unspecified atom stereocenters. The molecule has 0 spiro atoms. The van der Waals surface area contributed by atoms with Gasteiger partial charge in [0.25, 0.3) is 0 Å². The van der Waals surface area contributed by atoms with Crippen LogP contribution in [0.3, 0.4) is 0 Å². The van der Waals surface area contributed by atoms with Gasteiger partial charge in [0, 0.05) is 25.0 Å². The maximum Gasteiger partial charge on any atom is 0.152 e. The van der Waals surface area contributed by atoms with E-state index in [0.717, 1.165) is 17.3 Å². The maximum absolute atomic E-state index is 5.77. The Morgan fingerprint density at radius 3 is 3.12 bits per heavy atom. The second-order valence-corrected chi connectivity index (χ2v) is 4.26. The molecule has 1 fully saturated rings. The Morgan fingerprint density at radius 2 is 2.38 bits per heavy atom. The average molecular weight is 217 g/mol. The van der Waals surface area contributed by atoms with E-state index in [0.29, 0.717) is 12.6 Å². The van der Waals surface area contributed by atoms with Crippen LogP contribution in [0.4, 0.5) is 5.82 Å². The molecule has 5 heteroatoms. The molecule has 0 amide bonds. The van der Waals surface area contributed by atoms with E-state index in [-0.39, 0.29) is 0 Å². The summed E-state index contributed by atoms with van der Waals surface area (Å²) >= 11 is 0. The van der Waals surface area contributed by atoms with Gasteiger partial charge >= 0.3 is 0 Å². The fourth-order valence-electron chi connectivity index (χ4n) is 2.01. The van der Waals surface area contributed by atoms with Gasteiger partial charge < -0.3 is 11.1 Å². The van der Waals surface area contributed by atoms with Crippen molar-refractivity contribution in [2.24, 2.45) is 11.7 Å². The Labute approximate surface area is 93.7 Å². The summed E-state index contributed by atoms with van der Waals surface area (Å²) in [6, 6.07) is 2.30. The Bertz CT molecular complexity index is 488. The van der Waals surface area contributed by atoms with Gasteiger partial charge in [-0.3, -0.25) is 0 Å². The van der Waals surface area contributed by atoms with Crippen molar-refractivity contribution >= 4 is 11.3 Å². The predicted molar refractivity (Wildman–Crippen MR) is 62.2 cm³/mol. The lowest BCUT2D eigenvalue weighted by Crippen LogP contribution is -2.31. The molecule has 2 aromatic rings. The van der Waals surface area contributed by atoms with Gasteiger partial charge in [-0.2, -0.15) is 5.10 Å².